The summed E-state index contributed by atoms with van der Waals surface area (Å²) in [5, 5.41) is 18.0. The van der Waals surface area contributed by atoms with Gasteiger partial charge >= 0.3 is 0 Å². The van der Waals surface area contributed by atoms with E-state index in [4.69, 9.17) is 5.11 Å². The van der Waals surface area contributed by atoms with Crippen molar-refractivity contribution in [1.29, 1.82) is 0 Å². The Bertz CT molecular complexity index is 522. The predicted molar refractivity (Wildman–Crippen MR) is 85.3 cm³/mol. The molecule has 118 valence electrons. The number of aromatic nitrogens is 2. The highest BCUT2D eigenvalue weighted by molar-refractivity contribution is 8.03. The number of rotatable bonds is 7. The number of carbonyl (C=O) groups is 1. The predicted octanol–water partition coefficient (Wildman–Crippen LogP) is 0.836. The molecule has 1 aliphatic rings. The molecule has 0 aliphatic carbocycles. The van der Waals surface area contributed by atoms with Gasteiger partial charge in [0.2, 0.25) is 0 Å². The molecule has 1 aromatic rings. The van der Waals surface area contributed by atoms with Crippen LogP contribution in [0.3, 0.4) is 0 Å². The van der Waals surface area contributed by atoms with Crippen LogP contribution in [0.1, 0.15) is 23.8 Å². The molecule has 2 heterocycles. The van der Waals surface area contributed by atoms with Crippen LogP contribution in [0.5, 0.6) is 0 Å². The van der Waals surface area contributed by atoms with Crippen LogP contribution in [-0.4, -0.2) is 58.3 Å². The van der Waals surface area contributed by atoms with E-state index < -0.39 is 0 Å². The molecule has 1 aliphatic heterocycles. The average molecular weight is 313 g/mol. The van der Waals surface area contributed by atoms with Gasteiger partial charge in [0.05, 0.1) is 11.9 Å². The van der Waals surface area contributed by atoms with Gasteiger partial charge in [-0.25, -0.2) is 0 Å². The molecule has 1 amide bonds. The lowest BCUT2D eigenvalue weighted by Gasteiger charge is -2.27. The summed E-state index contributed by atoms with van der Waals surface area (Å²) in [7, 11) is 3.82. The fourth-order valence-corrected chi connectivity index (χ4v) is 3.37. The third-order valence-corrected chi connectivity index (χ3v) is 4.57. The van der Waals surface area contributed by atoms with Crippen molar-refractivity contribution < 1.29 is 9.90 Å². The first-order chi connectivity index (χ1) is 10.1. The van der Waals surface area contributed by atoms with Gasteiger partial charge in [-0.1, -0.05) is 0 Å². The quantitative estimate of drug-likeness (QED) is 0.561. The summed E-state index contributed by atoms with van der Waals surface area (Å²) in [5.74, 6) is 0.605. The fraction of sp³-hybridized carbons (Fsp3) is 0.615. The monoisotopic (exact) mass is 313 g/mol. The molecule has 7 nitrogen and oxygen atoms in total. The molecule has 0 bridgehead atoms. The van der Waals surface area contributed by atoms with Crippen molar-refractivity contribution in [3.8, 4) is 0 Å². The molecule has 0 fully saturated rings. The van der Waals surface area contributed by atoms with Gasteiger partial charge in [0.25, 0.3) is 5.91 Å². The first-order valence-corrected chi connectivity index (χ1v) is 7.87. The number of thioether (sulfide) groups is 1. The minimum atomic E-state index is -0.123. The Balaban J connectivity index is 2.00. The number of amides is 1. The number of nitrogens with zero attached hydrogens (tertiary/aromatic N) is 2. The molecule has 0 radical (unpaired) electrons. The Morgan fingerprint density at radius 1 is 1.57 bits per heavy atom. The van der Waals surface area contributed by atoms with Crippen LogP contribution in [0.4, 0.5) is 5.82 Å². The first kappa shape index (κ1) is 15.8. The van der Waals surface area contributed by atoms with E-state index in [1.807, 2.05) is 11.7 Å². The standard InChI is InChI=1S/C13H23N5O2S/c1-9-7-17(3)10(21-9)8-18-11(12(14-2)16-18)13(20)15-5-4-6-19/h7,10,14,16,19H,4-6,8H2,1-3H3,(H,15,20). The van der Waals surface area contributed by atoms with Gasteiger partial charge in [0.15, 0.2) is 5.69 Å². The topological polar surface area (TPSA) is 85.3 Å². The number of aliphatic hydroxyl groups is 1. The van der Waals surface area contributed by atoms with Crippen molar-refractivity contribution in [2.75, 3.05) is 32.6 Å². The zero-order valence-electron chi connectivity index (χ0n) is 12.6. The number of likely N-dealkylation sites (N-methyl/N-ethyl adjacent to an activating group) is 1. The second kappa shape index (κ2) is 6.95. The lowest BCUT2D eigenvalue weighted by Crippen LogP contribution is -2.37. The molecule has 0 aromatic carbocycles. The van der Waals surface area contributed by atoms with Gasteiger partial charge in [0, 0.05) is 33.4 Å². The van der Waals surface area contributed by atoms with Gasteiger partial charge in [0.1, 0.15) is 5.82 Å². The number of hydrogen-bond acceptors (Lipinski definition) is 5. The van der Waals surface area contributed by atoms with E-state index >= 15 is 0 Å². The van der Waals surface area contributed by atoms with Crippen LogP contribution in [0.15, 0.2) is 11.1 Å². The van der Waals surface area contributed by atoms with Gasteiger partial charge in [-0.05, 0) is 18.2 Å². The summed E-state index contributed by atoms with van der Waals surface area (Å²) in [6, 6.07) is 0. The highest BCUT2D eigenvalue weighted by Crippen LogP contribution is 2.32. The van der Waals surface area contributed by atoms with E-state index in [-0.39, 0.29) is 17.9 Å². The van der Waals surface area contributed by atoms with Crippen LogP contribution in [0.25, 0.3) is 0 Å². The molecule has 2 rings (SSSR count). The van der Waals surface area contributed by atoms with Crippen LogP contribution >= 0.6 is 11.8 Å². The number of carbonyl (C=O) groups excluding carboxylic acids is 1. The Morgan fingerprint density at radius 3 is 2.90 bits per heavy atom. The summed E-state index contributed by atoms with van der Waals surface area (Å²) in [5.41, 5.74) is 0.619. The average Bonchev–Trinajstić information content (AvgIpc) is 2.72. The maximum atomic E-state index is 12.2. The van der Waals surface area contributed by atoms with Gasteiger partial charge in [-0.3, -0.25) is 14.6 Å². The molecule has 1 atom stereocenters. The molecule has 1 unspecified atom stereocenters. The molecule has 0 saturated carbocycles. The van der Waals surface area contributed by atoms with Crippen LogP contribution in [0.2, 0.25) is 0 Å². The number of H-pyrrole nitrogens is 1. The molecule has 21 heavy (non-hydrogen) atoms. The molecular formula is C13H23N5O2S. The molecular weight excluding hydrogens is 290 g/mol. The van der Waals surface area contributed by atoms with E-state index in [0.717, 1.165) is 5.82 Å². The van der Waals surface area contributed by atoms with Gasteiger partial charge < -0.3 is 20.6 Å². The second-order valence-electron chi connectivity index (χ2n) is 5.01. The number of aromatic amines is 1. The van der Waals surface area contributed by atoms with E-state index in [9.17, 15) is 4.79 Å². The van der Waals surface area contributed by atoms with Crippen molar-refractivity contribution >= 4 is 23.5 Å². The lowest BCUT2D eigenvalue weighted by atomic mass is 10.3. The van der Waals surface area contributed by atoms with E-state index in [1.54, 1.807) is 18.8 Å². The maximum Gasteiger partial charge on any atom is 0.273 e. The van der Waals surface area contributed by atoms with Gasteiger partial charge in [-0.15, -0.1) is 11.8 Å². The van der Waals surface area contributed by atoms with Crippen molar-refractivity contribution in [3.63, 3.8) is 0 Å². The van der Waals surface area contributed by atoms with E-state index in [0.29, 0.717) is 25.2 Å². The van der Waals surface area contributed by atoms with Crippen molar-refractivity contribution in [2.24, 2.45) is 0 Å². The van der Waals surface area contributed by atoms with Crippen molar-refractivity contribution in [3.05, 3.63) is 16.8 Å². The first-order valence-electron chi connectivity index (χ1n) is 6.99. The number of nitrogens with one attached hydrogen (secondary N) is 3. The Morgan fingerprint density at radius 2 is 2.33 bits per heavy atom. The fourth-order valence-electron chi connectivity index (χ4n) is 2.26. The SMILES string of the molecule is CNc1[nH]n(CC2SC(C)=CN2C)c1C(=O)NCCCO. The molecule has 0 saturated heterocycles. The molecule has 0 spiro atoms. The summed E-state index contributed by atoms with van der Waals surface area (Å²) in [6.07, 6.45) is 2.67. The zero-order valence-corrected chi connectivity index (χ0v) is 13.5. The zero-order chi connectivity index (χ0) is 15.4. The van der Waals surface area contributed by atoms with E-state index in [2.05, 4.69) is 33.8 Å². The highest BCUT2D eigenvalue weighted by Gasteiger charge is 2.26. The number of anilines is 1. The Hall–Kier alpha value is -1.54. The number of aliphatic hydroxyl groups excluding tert-OH is 1. The molecule has 1 aromatic heterocycles. The largest absolute Gasteiger partial charge is 0.396 e. The van der Waals surface area contributed by atoms with Crippen LogP contribution in [0, 0.1) is 0 Å². The normalized spacial score (nSPS) is 18.0. The minimum absolute atomic E-state index is 0.0780. The van der Waals surface area contributed by atoms with Crippen molar-refractivity contribution in [2.45, 2.75) is 25.3 Å². The second-order valence-corrected chi connectivity index (χ2v) is 6.43. The lowest BCUT2D eigenvalue weighted by molar-refractivity contribution is 0.0934. The molecule has 8 heteroatoms. The third-order valence-electron chi connectivity index (χ3n) is 3.34. The minimum Gasteiger partial charge on any atom is -0.396 e. The van der Waals surface area contributed by atoms with Crippen molar-refractivity contribution in [1.82, 2.24) is 20.0 Å². The smallest absolute Gasteiger partial charge is 0.273 e. The maximum absolute atomic E-state index is 12.2. The summed E-state index contributed by atoms with van der Waals surface area (Å²) in [4.78, 5) is 15.6. The van der Waals surface area contributed by atoms with E-state index in [1.165, 1.54) is 4.91 Å². The van der Waals surface area contributed by atoms with Crippen LogP contribution in [-0.2, 0) is 6.54 Å². The highest BCUT2D eigenvalue weighted by atomic mass is 32.2. The third kappa shape index (κ3) is 3.56. The van der Waals surface area contributed by atoms with Gasteiger partial charge in [-0.2, -0.15) is 0 Å². The Labute approximate surface area is 128 Å². The van der Waals surface area contributed by atoms with Crippen LogP contribution < -0.4 is 10.6 Å². The number of hydrogen-bond donors (Lipinski definition) is 4. The Kier molecular flexibility index (Phi) is 5.24. The number of allylic oxidation sites excluding steroid dienone is 1. The summed E-state index contributed by atoms with van der Waals surface area (Å²) in [6.45, 7) is 3.35. The summed E-state index contributed by atoms with van der Waals surface area (Å²) < 4.78 is 1.86. The summed E-state index contributed by atoms with van der Waals surface area (Å²) >= 11 is 1.79. The molecule has 4 N–H and O–H groups in total.